The lowest BCUT2D eigenvalue weighted by molar-refractivity contribution is -0.123. The van der Waals surface area contributed by atoms with Gasteiger partial charge in [0, 0.05) is 11.6 Å². The number of nitrogens with zero attached hydrogens (tertiary/aromatic N) is 3. The Hall–Kier alpha value is -2.45. The van der Waals surface area contributed by atoms with Gasteiger partial charge in [0.1, 0.15) is 17.3 Å². The number of carbonyl (C=O) groups is 1. The maximum atomic E-state index is 12.7. The van der Waals surface area contributed by atoms with Gasteiger partial charge in [-0.05, 0) is 24.3 Å². The van der Waals surface area contributed by atoms with Crippen LogP contribution >= 0.6 is 22.9 Å². The van der Waals surface area contributed by atoms with E-state index in [1.165, 1.54) is 41.8 Å². The lowest BCUT2D eigenvalue weighted by Crippen LogP contribution is -2.24. The van der Waals surface area contributed by atoms with E-state index < -0.39 is 5.91 Å². The number of ether oxygens (including phenoxy) is 1. The highest BCUT2D eigenvalue weighted by Crippen LogP contribution is 2.19. The van der Waals surface area contributed by atoms with Gasteiger partial charge in [-0.2, -0.15) is 5.10 Å². The zero-order valence-electron chi connectivity index (χ0n) is 11.6. The summed E-state index contributed by atoms with van der Waals surface area (Å²) >= 11 is 7.43. The van der Waals surface area contributed by atoms with Crippen LogP contribution in [0.15, 0.2) is 40.9 Å². The zero-order valence-corrected chi connectivity index (χ0v) is 13.1. The van der Waals surface area contributed by atoms with Crippen LogP contribution < -0.4 is 10.2 Å². The lowest BCUT2D eigenvalue weighted by Gasteiger charge is -2.04. The topological polar surface area (TPSA) is 68.0 Å². The van der Waals surface area contributed by atoms with Crippen molar-refractivity contribution in [3.8, 4) is 5.75 Å². The monoisotopic (exact) mass is 352 g/mol. The molecule has 3 rings (SSSR count). The van der Waals surface area contributed by atoms with Crippen molar-refractivity contribution in [2.75, 3.05) is 6.61 Å². The van der Waals surface area contributed by atoms with Crippen LogP contribution in [0.5, 0.6) is 5.75 Å². The number of carbonyl (C=O) groups excluding carboxylic acids is 1. The van der Waals surface area contributed by atoms with Crippen LogP contribution in [0.3, 0.4) is 0 Å². The number of thiazole rings is 1. The number of fused-ring (bicyclic) bond motifs is 1. The molecule has 0 aliphatic rings. The van der Waals surface area contributed by atoms with Gasteiger partial charge in [0.25, 0.3) is 5.91 Å². The van der Waals surface area contributed by atoms with Crippen molar-refractivity contribution < 1.29 is 13.9 Å². The molecule has 0 spiro atoms. The molecule has 0 atom stereocenters. The standard InChI is InChI=1S/C14H10ClFN4O2S/c15-13-11(20-5-6-23-14(20)18-13)7-17-19-12(21)8-22-10-3-1-9(16)2-4-10/h1-7H,8H2,(H,19,21)/b17-7+. The van der Waals surface area contributed by atoms with Crippen LogP contribution in [-0.2, 0) is 4.79 Å². The SMILES string of the molecule is O=C(COc1ccc(F)cc1)N/N=C/c1c(Cl)nc2sccn12. The summed E-state index contributed by atoms with van der Waals surface area (Å²) in [4.78, 5) is 16.5. The largest absolute Gasteiger partial charge is 0.484 e. The Morgan fingerprint density at radius 2 is 2.26 bits per heavy atom. The number of benzene rings is 1. The van der Waals surface area contributed by atoms with Crippen molar-refractivity contribution in [1.29, 1.82) is 0 Å². The average Bonchev–Trinajstić information content (AvgIpc) is 3.09. The predicted octanol–water partition coefficient (Wildman–Crippen LogP) is 2.72. The van der Waals surface area contributed by atoms with Gasteiger partial charge in [-0.25, -0.2) is 14.8 Å². The second-order valence-electron chi connectivity index (χ2n) is 4.38. The Morgan fingerprint density at radius 3 is 3.04 bits per heavy atom. The molecule has 0 aliphatic heterocycles. The maximum Gasteiger partial charge on any atom is 0.277 e. The van der Waals surface area contributed by atoms with Crippen molar-refractivity contribution in [1.82, 2.24) is 14.8 Å². The van der Waals surface area contributed by atoms with Crippen molar-refractivity contribution >= 4 is 40.0 Å². The Bertz CT molecular complexity index is 859. The van der Waals surface area contributed by atoms with E-state index in [1.54, 1.807) is 10.6 Å². The van der Waals surface area contributed by atoms with Gasteiger partial charge in [0.15, 0.2) is 16.7 Å². The molecule has 118 valence electrons. The van der Waals surface area contributed by atoms with Crippen LogP contribution in [0.1, 0.15) is 5.69 Å². The number of hydrazone groups is 1. The van der Waals surface area contributed by atoms with E-state index in [-0.39, 0.29) is 12.4 Å². The highest BCUT2D eigenvalue weighted by atomic mass is 35.5. The number of nitrogens with one attached hydrogen (secondary N) is 1. The summed E-state index contributed by atoms with van der Waals surface area (Å²) in [5, 5.41) is 5.99. The molecule has 23 heavy (non-hydrogen) atoms. The first-order chi connectivity index (χ1) is 11.1. The molecule has 9 heteroatoms. The number of imidazole rings is 1. The third-order valence-electron chi connectivity index (χ3n) is 2.81. The van der Waals surface area contributed by atoms with E-state index in [0.717, 1.165) is 4.96 Å². The zero-order chi connectivity index (χ0) is 16.2. The quantitative estimate of drug-likeness (QED) is 0.567. The number of amides is 1. The first kappa shape index (κ1) is 15.4. The first-order valence-electron chi connectivity index (χ1n) is 6.45. The minimum absolute atomic E-state index is 0.239. The van der Waals surface area contributed by atoms with E-state index in [4.69, 9.17) is 16.3 Å². The normalized spacial score (nSPS) is 11.2. The van der Waals surface area contributed by atoms with Crippen molar-refractivity contribution in [2.24, 2.45) is 5.10 Å². The number of hydrogen-bond donors (Lipinski definition) is 1. The molecule has 6 nitrogen and oxygen atoms in total. The van der Waals surface area contributed by atoms with Crippen molar-refractivity contribution in [2.45, 2.75) is 0 Å². The fraction of sp³-hybridized carbons (Fsp3) is 0.0714. The fourth-order valence-electron chi connectivity index (χ4n) is 1.77. The van der Waals surface area contributed by atoms with E-state index in [9.17, 15) is 9.18 Å². The van der Waals surface area contributed by atoms with Crippen LogP contribution in [-0.4, -0.2) is 28.1 Å². The molecule has 1 N–H and O–H groups in total. The molecule has 3 aromatic rings. The number of aromatic nitrogens is 2. The maximum absolute atomic E-state index is 12.7. The van der Waals surface area contributed by atoms with Gasteiger partial charge >= 0.3 is 0 Å². The van der Waals surface area contributed by atoms with Crippen molar-refractivity contribution in [3.63, 3.8) is 0 Å². The second kappa shape index (κ2) is 6.76. The molecule has 0 fully saturated rings. The third-order valence-corrected chi connectivity index (χ3v) is 3.85. The molecule has 0 saturated heterocycles. The van der Waals surface area contributed by atoms with Crippen LogP contribution in [0.4, 0.5) is 4.39 Å². The van der Waals surface area contributed by atoms with Crippen LogP contribution in [0.2, 0.25) is 5.15 Å². The summed E-state index contributed by atoms with van der Waals surface area (Å²) in [6, 6.07) is 5.37. The molecule has 0 saturated carbocycles. The number of halogens is 2. The summed E-state index contributed by atoms with van der Waals surface area (Å²) in [5.74, 6) is -0.430. The minimum Gasteiger partial charge on any atom is -0.484 e. The molecule has 0 unspecified atom stereocenters. The van der Waals surface area contributed by atoms with E-state index in [0.29, 0.717) is 16.6 Å². The van der Waals surface area contributed by atoms with Gasteiger partial charge in [-0.1, -0.05) is 11.6 Å². The first-order valence-corrected chi connectivity index (χ1v) is 7.70. The van der Waals surface area contributed by atoms with Gasteiger partial charge < -0.3 is 4.74 Å². The molecule has 2 aromatic heterocycles. The molecular weight excluding hydrogens is 343 g/mol. The Kier molecular flexibility index (Phi) is 4.54. The second-order valence-corrected chi connectivity index (χ2v) is 5.61. The Morgan fingerprint density at radius 1 is 1.48 bits per heavy atom. The molecule has 1 amide bonds. The minimum atomic E-state index is -0.451. The molecule has 0 bridgehead atoms. The Labute approximate surface area is 139 Å². The van der Waals surface area contributed by atoms with Crippen LogP contribution in [0.25, 0.3) is 4.96 Å². The summed E-state index contributed by atoms with van der Waals surface area (Å²) in [6.45, 7) is -0.239. The van der Waals surface area contributed by atoms with Crippen LogP contribution in [0, 0.1) is 5.82 Å². The molecular formula is C14H10ClFN4O2S. The molecule has 0 radical (unpaired) electrons. The van der Waals surface area contributed by atoms with E-state index >= 15 is 0 Å². The number of rotatable bonds is 5. The Balaban J connectivity index is 1.55. The summed E-state index contributed by atoms with van der Waals surface area (Å²) in [7, 11) is 0. The fourth-order valence-corrected chi connectivity index (χ4v) is 2.76. The van der Waals surface area contributed by atoms with Gasteiger partial charge in [0.05, 0.1) is 6.21 Å². The average molecular weight is 353 g/mol. The highest BCUT2D eigenvalue weighted by Gasteiger charge is 2.09. The highest BCUT2D eigenvalue weighted by molar-refractivity contribution is 7.15. The predicted molar refractivity (Wildman–Crippen MR) is 85.7 cm³/mol. The summed E-state index contributed by atoms with van der Waals surface area (Å²) < 4.78 is 19.7. The van der Waals surface area contributed by atoms with Crippen molar-refractivity contribution in [3.05, 3.63) is 52.5 Å². The summed E-state index contributed by atoms with van der Waals surface area (Å²) in [5.41, 5.74) is 2.89. The molecule has 2 heterocycles. The van der Waals surface area contributed by atoms with Gasteiger partial charge in [0.2, 0.25) is 0 Å². The third kappa shape index (κ3) is 3.66. The lowest BCUT2D eigenvalue weighted by atomic mass is 10.3. The van der Waals surface area contributed by atoms with Gasteiger partial charge in [-0.3, -0.25) is 9.20 Å². The summed E-state index contributed by atoms with van der Waals surface area (Å²) in [6.07, 6.45) is 3.21. The molecule has 0 aliphatic carbocycles. The number of hydrogen-bond acceptors (Lipinski definition) is 5. The van der Waals surface area contributed by atoms with E-state index in [1.807, 2.05) is 5.38 Å². The molecule has 1 aromatic carbocycles. The smallest absolute Gasteiger partial charge is 0.277 e. The van der Waals surface area contributed by atoms with E-state index in [2.05, 4.69) is 15.5 Å². The van der Waals surface area contributed by atoms with Gasteiger partial charge in [-0.15, -0.1) is 11.3 Å².